The molecule has 4 rings (SSSR count). The van der Waals surface area contributed by atoms with Crippen LogP contribution in [-0.2, 0) is 14.3 Å². The fourth-order valence-electron chi connectivity index (χ4n) is 4.77. The van der Waals surface area contributed by atoms with E-state index in [1.165, 1.54) is 11.1 Å². The van der Waals surface area contributed by atoms with Crippen molar-refractivity contribution in [2.24, 2.45) is 11.8 Å². The van der Waals surface area contributed by atoms with Crippen molar-refractivity contribution in [3.05, 3.63) is 59.7 Å². The van der Waals surface area contributed by atoms with E-state index in [0.29, 0.717) is 25.8 Å². The molecule has 2 aromatic carbocycles. The molecule has 0 spiro atoms. The molecule has 7 nitrogen and oxygen atoms in total. The Morgan fingerprint density at radius 1 is 1.00 bits per heavy atom. The highest BCUT2D eigenvalue weighted by Crippen LogP contribution is 2.44. The maximum absolute atomic E-state index is 12.5. The van der Waals surface area contributed by atoms with Gasteiger partial charge in [-0.3, -0.25) is 4.79 Å². The van der Waals surface area contributed by atoms with Gasteiger partial charge in [0.1, 0.15) is 12.1 Å². The lowest BCUT2D eigenvalue weighted by Crippen LogP contribution is -2.54. The molecule has 2 aromatic rings. The second-order valence-electron chi connectivity index (χ2n) is 8.89. The number of amides is 2. The number of carbonyl (C=O) groups excluding carboxylic acids is 2. The smallest absolute Gasteiger partial charge is 0.407 e. The second-order valence-corrected chi connectivity index (χ2v) is 8.89. The first-order valence-corrected chi connectivity index (χ1v) is 11.5. The zero-order valence-electron chi connectivity index (χ0n) is 19.0. The van der Waals surface area contributed by atoms with Crippen molar-refractivity contribution in [1.29, 1.82) is 0 Å². The van der Waals surface area contributed by atoms with Crippen LogP contribution in [0.4, 0.5) is 4.79 Å². The molecule has 33 heavy (non-hydrogen) atoms. The summed E-state index contributed by atoms with van der Waals surface area (Å²) < 4.78 is 5.53. The Labute approximate surface area is 193 Å². The maximum Gasteiger partial charge on any atom is 0.407 e. The van der Waals surface area contributed by atoms with Crippen molar-refractivity contribution >= 4 is 18.0 Å². The quantitative estimate of drug-likeness (QED) is 0.537. The summed E-state index contributed by atoms with van der Waals surface area (Å²) in [5, 5.41) is 15.0. The van der Waals surface area contributed by atoms with E-state index in [9.17, 15) is 19.5 Å². The lowest BCUT2D eigenvalue weighted by Gasteiger charge is -2.28. The van der Waals surface area contributed by atoms with Gasteiger partial charge in [-0.2, -0.15) is 0 Å². The van der Waals surface area contributed by atoms with Crippen LogP contribution in [0.15, 0.2) is 48.5 Å². The fraction of sp³-hybridized carbons (Fsp3) is 0.423. The normalized spacial score (nSPS) is 18.7. The van der Waals surface area contributed by atoms with Gasteiger partial charge in [0, 0.05) is 18.4 Å². The zero-order valence-corrected chi connectivity index (χ0v) is 19.0. The first-order chi connectivity index (χ1) is 15.9. The van der Waals surface area contributed by atoms with E-state index in [-0.39, 0.29) is 30.3 Å². The highest BCUT2D eigenvalue weighted by Gasteiger charge is 2.46. The van der Waals surface area contributed by atoms with Crippen molar-refractivity contribution in [3.63, 3.8) is 0 Å². The Kier molecular flexibility index (Phi) is 6.40. The number of hydrogen-bond acceptors (Lipinski definition) is 4. The SMILES string of the molecule is CCC(CC)(NC(=O)[C@H]1C[C@H]1CNC(=O)OCC1c2ccccc2-c2ccccc21)C(=O)O. The van der Waals surface area contributed by atoms with Crippen LogP contribution in [0.1, 0.15) is 50.2 Å². The Morgan fingerprint density at radius 2 is 1.58 bits per heavy atom. The van der Waals surface area contributed by atoms with Gasteiger partial charge in [0.05, 0.1) is 0 Å². The van der Waals surface area contributed by atoms with Gasteiger partial charge in [-0.05, 0) is 47.4 Å². The molecule has 0 aliphatic heterocycles. The number of alkyl carbamates (subject to hydrolysis) is 1. The van der Waals surface area contributed by atoms with Crippen molar-refractivity contribution in [2.75, 3.05) is 13.2 Å². The van der Waals surface area contributed by atoms with Gasteiger partial charge in [-0.1, -0.05) is 62.4 Å². The van der Waals surface area contributed by atoms with Crippen LogP contribution in [0.5, 0.6) is 0 Å². The van der Waals surface area contributed by atoms with E-state index in [1.807, 2.05) is 24.3 Å². The van der Waals surface area contributed by atoms with Crippen LogP contribution < -0.4 is 10.6 Å². The number of nitrogens with one attached hydrogen (secondary N) is 2. The summed E-state index contributed by atoms with van der Waals surface area (Å²) in [4.78, 5) is 36.5. The number of hydrogen-bond donors (Lipinski definition) is 3. The fourth-order valence-corrected chi connectivity index (χ4v) is 4.77. The van der Waals surface area contributed by atoms with Crippen LogP contribution in [0, 0.1) is 11.8 Å². The van der Waals surface area contributed by atoms with E-state index in [0.717, 1.165) is 11.1 Å². The van der Waals surface area contributed by atoms with Crippen molar-refractivity contribution in [1.82, 2.24) is 10.6 Å². The van der Waals surface area contributed by atoms with Crippen LogP contribution in [0.2, 0.25) is 0 Å². The Balaban J connectivity index is 1.27. The van der Waals surface area contributed by atoms with Crippen molar-refractivity contribution in [3.8, 4) is 11.1 Å². The molecule has 0 heterocycles. The van der Waals surface area contributed by atoms with Gasteiger partial charge in [0.15, 0.2) is 0 Å². The number of carboxylic acid groups (broad SMARTS) is 1. The number of benzene rings is 2. The van der Waals surface area contributed by atoms with Gasteiger partial charge >= 0.3 is 12.1 Å². The van der Waals surface area contributed by atoms with E-state index in [2.05, 4.69) is 34.9 Å². The number of fused-ring (bicyclic) bond motifs is 3. The largest absolute Gasteiger partial charge is 0.480 e. The molecule has 0 unspecified atom stereocenters. The van der Waals surface area contributed by atoms with Gasteiger partial charge in [-0.15, -0.1) is 0 Å². The van der Waals surface area contributed by atoms with Crippen LogP contribution in [0.25, 0.3) is 11.1 Å². The third kappa shape index (κ3) is 4.45. The number of carbonyl (C=O) groups is 3. The summed E-state index contributed by atoms with van der Waals surface area (Å²) in [6.45, 7) is 4.07. The molecule has 1 saturated carbocycles. The summed E-state index contributed by atoms with van der Waals surface area (Å²) in [6.07, 6.45) is 0.753. The summed E-state index contributed by atoms with van der Waals surface area (Å²) in [7, 11) is 0. The summed E-state index contributed by atoms with van der Waals surface area (Å²) >= 11 is 0. The molecular weight excluding hydrogens is 420 g/mol. The van der Waals surface area contributed by atoms with E-state index in [1.54, 1.807) is 13.8 Å². The predicted octanol–water partition coefficient (Wildman–Crippen LogP) is 3.92. The number of carboxylic acids is 1. The molecule has 174 valence electrons. The maximum atomic E-state index is 12.5. The van der Waals surface area contributed by atoms with Gasteiger partial charge in [0.25, 0.3) is 0 Å². The topological polar surface area (TPSA) is 105 Å². The first-order valence-electron chi connectivity index (χ1n) is 11.5. The Morgan fingerprint density at radius 3 is 2.12 bits per heavy atom. The average Bonchev–Trinajstić information content (AvgIpc) is 3.55. The highest BCUT2D eigenvalue weighted by molar-refractivity contribution is 5.89. The van der Waals surface area contributed by atoms with Crippen molar-refractivity contribution < 1.29 is 24.2 Å². The molecule has 1 fully saturated rings. The third-order valence-electron chi connectivity index (χ3n) is 7.09. The van der Waals surface area contributed by atoms with Gasteiger partial charge in [-0.25, -0.2) is 9.59 Å². The van der Waals surface area contributed by atoms with Crippen LogP contribution >= 0.6 is 0 Å². The molecule has 0 bridgehead atoms. The number of ether oxygens (including phenoxy) is 1. The zero-order chi connectivity index (χ0) is 23.6. The minimum absolute atomic E-state index is 0.00479. The van der Waals surface area contributed by atoms with E-state index in [4.69, 9.17) is 4.74 Å². The number of rotatable bonds is 9. The Hall–Kier alpha value is -3.35. The van der Waals surface area contributed by atoms with Crippen LogP contribution in [-0.4, -0.2) is 41.8 Å². The molecule has 0 radical (unpaired) electrons. The summed E-state index contributed by atoms with van der Waals surface area (Å²) in [6, 6.07) is 16.3. The minimum atomic E-state index is -1.23. The lowest BCUT2D eigenvalue weighted by atomic mass is 9.92. The van der Waals surface area contributed by atoms with Crippen molar-refractivity contribution in [2.45, 2.75) is 44.6 Å². The molecule has 0 saturated heterocycles. The Bertz CT molecular complexity index is 1020. The standard InChI is InChI=1S/C26H30N2O5/c1-3-26(4-2,24(30)31)28-23(29)21-13-16(21)14-27-25(32)33-15-22-19-11-7-5-9-17(19)18-10-6-8-12-20(18)22/h5-12,16,21-22H,3-4,13-15H2,1-2H3,(H,27,32)(H,28,29)(H,30,31)/t16-,21-/m0/s1. The summed E-state index contributed by atoms with van der Waals surface area (Å²) in [5.74, 6) is -1.58. The summed E-state index contributed by atoms with van der Waals surface area (Å²) in [5.41, 5.74) is 3.42. The molecule has 2 aliphatic carbocycles. The lowest BCUT2D eigenvalue weighted by molar-refractivity contribution is -0.148. The van der Waals surface area contributed by atoms with Crippen LogP contribution in [0.3, 0.4) is 0 Å². The number of aliphatic carboxylic acids is 1. The third-order valence-corrected chi connectivity index (χ3v) is 7.09. The van der Waals surface area contributed by atoms with E-state index >= 15 is 0 Å². The molecule has 7 heteroatoms. The van der Waals surface area contributed by atoms with Gasteiger partial charge < -0.3 is 20.5 Å². The van der Waals surface area contributed by atoms with E-state index < -0.39 is 17.6 Å². The molecular formula is C26H30N2O5. The van der Waals surface area contributed by atoms with Gasteiger partial charge in [0.2, 0.25) is 5.91 Å². The minimum Gasteiger partial charge on any atom is -0.480 e. The average molecular weight is 451 g/mol. The molecule has 2 aliphatic rings. The highest BCUT2D eigenvalue weighted by atomic mass is 16.5. The second kappa shape index (κ2) is 9.25. The molecule has 3 N–H and O–H groups in total. The molecule has 2 amide bonds. The first kappa shape index (κ1) is 22.8. The predicted molar refractivity (Wildman–Crippen MR) is 124 cm³/mol. The molecule has 2 atom stereocenters. The molecule has 0 aromatic heterocycles. The monoisotopic (exact) mass is 450 g/mol.